The van der Waals surface area contributed by atoms with Crippen LogP contribution >= 0.6 is 0 Å². The molecule has 1 saturated carbocycles. The average Bonchev–Trinajstić information content (AvgIpc) is 2.53. The maximum atomic E-state index is 10.7. The van der Waals surface area contributed by atoms with E-state index in [1.54, 1.807) is 20.7 Å². The van der Waals surface area contributed by atoms with Gasteiger partial charge in [-0.1, -0.05) is 47.0 Å². The summed E-state index contributed by atoms with van der Waals surface area (Å²) in [4.78, 5) is 19.7. The molecule has 0 aromatic heterocycles. The van der Waals surface area contributed by atoms with Crippen LogP contribution in [-0.2, 0) is 30.3 Å². The molecule has 0 bridgehead atoms. The summed E-state index contributed by atoms with van der Waals surface area (Å²) < 4.78 is 2.25. The normalized spacial score (nSPS) is 27.5. The van der Waals surface area contributed by atoms with Crippen LogP contribution in [0.3, 0.4) is 0 Å². The van der Waals surface area contributed by atoms with Gasteiger partial charge in [0.2, 0.25) is 6.41 Å². The summed E-state index contributed by atoms with van der Waals surface area (Å²) in [6, 6.07) is 0.407. The Kier molecular flexibility index (Phi) is 11.1. The van der Waals surface area contributed by atoms with Crippen molar-refractivity contribution < 1.29 is 30.3 Å². The first-order valence-corrected chi connectivity index (χ1v) is 8.85. The Morgan fingerprint density at radius 1 is 1.19 bits per heavy atom. The third-order valence-electron chi connectivity index (χ3n) is 5.37. The summed E-state index contributed by atoms with van der Waals surface area (Å²) in [6.07, 6.45) is 8.95. The number of hydrogen-bond acceptors (Lipinski definition) is 2. The van der Waals surface area contributed by atoms with E-state index in [1.807, 2.05) is 0 Å². The molecule has 5 heteroatoms. The molecule has 0 saturated heterocycles. The molecule has 1 fully saturated rings. The zero-order valence-corrected chi connectivity index (χ0v) is 15.5. The summed E-state index contributed by atoms with van der Waals surface area (Å²) >= 11 is 1.56. The van der Waals surface area contributed by atoms with Crippen LogP contribution in [-0.4, -0.2) is 18.9 Å². The van der Waals surface area contributed by atoms with E-state index in [2.05, 4.69) is 36.8 Å². The molecule has 1 aliphatic rings. The van der Waals surface area contributed by atoms with Crippen molar-refractivity contribution in [3.63, 3.8) is 0 Å². The number of carbonyl (C=O) groups is 2. The van der Waals surface area contributed by atoms with Crippen molar-refractivity contribution >= 4 is 12.8 Å². The van der Waals surface area contributed by atoms with Crippen molar-refractivity contribution in [2.45, 2.75) is 72.3 Å². The van der Waals surface area contributed by atoms with E-state index >= 15 is 0 Å². The summed E-state index contributed by atoms with van der Waals surface area (Å²) in [5.74, 6) is 1.52. The van der Waals surface area contributed by atoms with Crippen LogP contribution in [0.1, 0.15) is 66.2 Å². The molecule has 0 radical (unpaired) electrons. The Morgan fingerprint density at radius 2 is 1.71 bits per heavy atom. The molecule has 2 N–H and O–H groups in total. The van der Waals surface area contributed by atoms with E-state index in [4.69, 9.17) is 4.79 Å². The Balaban J connectivity index is 0.000000885. The first-order chi connectivity index (χ1) is 10.0. The van der Waals surface area contributed by atoms with Crippen LogP contribution in [0.2, 0.25) is 0 Å². The van der Waals surface area contributed by atoms with E-state index < -0.39 is 0 Å². The molecular weight excluding hydrogens is 300 g/mol. The number of rotatable bonds is 7. The Bertz CT molecular complexity index is 290. The molecular formula is C16H31N2O2Ti. The minimum absolute atomic E-state index is 0.407. The number of carbonyl (C=O) groups excluding carboxylic acids is 2. The molecule has 1 rings (SSSR count). The molecule has 0 heterocycles. The van der Waals surface area contributed by atoms with Crippen LogP contribution in [0.4, 0.5) is 0 Å². The first kappa shape index (κ1) is 20.7. The molecule has 3 atom stereocenters. The summed E-state index contributed by atoms with van der Waals surface area (Å²) in [5, 5.41) is 3.02. The van der Waals surface area contributed by atoms with E-state index in [9.17, 15) is 4.79 Å². The Hall–Kier alpha value is -0.346. The standard InChI is InChI=1S/C15H29NO.CH3NO.Ti/c1-5-12(3)15(13(4)6-2)9-7-8-14(10-15)16-11-17;2-1-3;/h11-14H,5-10H2,1-4H3,(H,16,17);1H,(H2,2,3);/q;;+1/p-1. The Morgan fingerprint density at radius 3 is 2.10 bits per heavy atom. The van der Waals surface area contributed by atoms with Gasteiger partial charge in [0, 0.05) is 6.04 Å². The second kappa shape index (κ2) is 11.3. The van der Waals surface area contributed by atoms with Gasteiger partial charge < -0.3 is 5.32 Å². The molecule has 4 nitrogen and oxygen atoms in total. The van der Waals surface area contributed by atoms with Crippen molar-refractivity contribution in [3.8, 4) is 0 Å². The molecule has 0 aromatic carbocycles. The van der Waals surface area contributed by atoms with Gasteiger partial charge in [0.05, 0.1) is 0 Å². The summed E-state index contributed by atoms with van der Waals surface area (Å²) in [5.41, 5.74) is 0.447. The number of hydrogen-bond donors (Lipinski definition) is 2. The molecule has 3 unspecified atom stereocenters. The van der Waals surface area contributed by atoms with E-state index in [0.717, 1.165) is 24.7 Å². The van der Waals surface area contributed by atoms with E-state index in [0.29, 0.717) is 17.9 Å². The molecule has 0 aromatic rings. The fourth-order valence-electron chi connectivity index (χ4n) is 3.77. The van der Waals surface area contributed by atoms with Crippen molar-refractivity contribution in [3.05, 3.63) is 0 Å². The van der Waals surface area contributed by atoms with Crippen LogP contribution in [0.25, 0.3) is 0 Å². The van der Waals surface area contributed by atoms with Crippen molar-refractivity contribution in [1.29, 1.82) is 0 Å². The molecule has 2 amide bonds. The predicted molar refractivity (Wildman–Crippen MR) is 82.0 cm³/mol. The zero-order chi connectivity index (χ0) is 16.3. The fraction of sp³-hybridized carbons (Fsp3) is 0.875. The van der Waals surface area contributed by atoms with Crippen LogP contribution in [0.15, 0.2) is 0 Å². The third-order valence-corrected chi connectivity index (χ3v) is 5.56. The van der Waals surface area contributed by atoms with E-state index in [1.165, 1.54) is 32.1 Å². The third kappa shape index (κ3) is 6.11. The second-order valence-electron chi connectivity index (χ2n) is 6.19. The maximum absolute atomic E-state index is 10.7. The topological polar surface area (TPSA) is 58.2 Å². The van der Waals surface area contributed by atoms with Crippen molar-refractivity contribution in [2.75, 3.05) is 0 Å². The Labute approximate surface area is 141 Å². The van der Waals surface area contributed by atoms with Crippen LogP contribution in [0, 0.1) is 17.3 Å². The monoisotopic (exact) mass is 331 g/mol. The number of amides is 2. The van der Waals surface area contributed by atoms with Gasteiger partial charge in [-0.05, 0) is 36.5 Å². The van der Waals surface area contributed by atoms with Crippen LogP contribution < -0.4 is 9.12 Å². The van der Waals surface area contributed by atoms with Gasteiger partial charge in [0.15, 0.2) is 0 Å². The summed E-state index contributed by atoms with van der Waals surface area (Å²) in [7, 11) is 0. The predicted octanol–water partition coefficient (Wildman–Crippen LogP) is 2.95. The van der Waals surface area contributed by atoms with Gasteiger partial charge in [-0.3, -0.25) is 4.79 Å². The molecule has 21 heavy (non-hydrogen) atoms. The van der Waals surface area contributed by atoms with E-state index in [-0.39, 0.29) is 0 Å². The van der Waals surface area contributed by atoms with Gasteiger partial charge in [-0.25, -0.2) is 0 Å². The van der Waals surface area contributed by atoms with Crippen LogP contribution in [0.5, 0.6) is 0 Å². The first-order valence-electron chi connectivity index (χ1n) is 8.07. The van der Waals surface area contributed by atoms with Crippen molar-refractivity contribution in [2.24, 2.45) is 17.3 Å². The minimum atomic E-state index is 0.407. The zero-order valence-electron chi connectivity index (χ0n) is 13.9. The SMILES string of the molecule is CCC(C)C1(C(C)CC)CCCC(NC=O)C1.O=C[NH][Ti]. The van der Waals surface area contributed by atoms with Gasteiger partial charge in [-0.2, -0.15) is 0 Å². The fourth-order valence-corrected chi connectivity index (χ4v) is 3.77. The average molecular weight is 331 g/mol. The molecule has 0 spiro atoms. The van der Waals surface area contributed by atoms with Crippen molar-refractivity contribution in [1.82, 2.24) is 9.12 Å². The van der Waals surface area contributed by atoms with Gasteiger partial charge >= 0.3 is 35.7 Å². The molecule has 121 valence electrons. The molecule has 1 aliphatic carbocycles. The second-order valence-corrected chi connectivity index (χ2v) is 6.64. The van der Waals surface area contributed by atoms with Gasteiger partial charge in [-0.15, -0.1) is 0 Å². The van der Waals surface area contributed by atoms with Gasteiger partial charge in [0.25, 0.3) is 0 Å². The quantitative estimate of drug-likeness (QED) is 0.557. The van der Waals surface area contributed by atoms with Gasteiger partial charge in [0.1, 0.15) is 0 Å². The summed E-state index contributed by atoms with van der Waals surface area (Å²) in [6.45, 7) is 9.39. The molecule has 0 aliphatic heterocycles. The number of nitrogens with one attached hydrogen (secondary N) is 2.